The third-order valence-electron chi connectivity index (χ3n) is 3.93. The summed E-state index contributed by atoms with van der Waals surface area (Å²) in [7, 11) is 0. The van der Waals surface area contributed by atoms with Crippen molar-refractivity contribution in [2.24, 2.45) is 0 Å². The van der Waals surface area contributed by atoms with Gasteiger partial charge >= 0.3 is 5.69 Å². The third-order valence-corrected chi connectivity index (χ3v) is 5.83. The molecule has 0 spiro atoms. The van der Waals surface area contributed by atoms with E-state index in [9.17, 15) is 14.9 Å². The fraction of sp³-hybridized carbons (Fsp3) is 0.111. The van der Waals surface area contributed by atoms with Gasteiger partial charge in [0.05, 0.1) is 10.3 Å². The number of H-pyrrole nitrogens is 1. The van der Waals surface area contributed by atoms with Crippen molar-refractivity contribution >= 4 is 38.6 Å². The van der Waals surface area contributed by atoms with Crippen molar-refractivity contribution in [2.45, 2.75) is 13.5 Å². The third kappa shape index (κ3) is 3.34. The smallest absolute Gasteiger partial charge is 0.310 e. The van der Waals surface area contributed by atoms with Crippen LogP contribution < -0.4 is 10.3 Å². The number of para-hydroxylation sites is 2. The van der Waals surface area contributed by atoms with Gasteiger partial charge in [-0.3, -0.25) is 14.9 Å². The van der Waals surface area contributed by atoms with Gasteiger partial charge in [0, 0.05) is 26.8 Å². The Morgan fingerprint density at radius 3 is 2.81 bits per heavy atom. The van der Waals surface area contributed by atoms with Crippen molar-refractivity contribution in [3.05, 3.63) is 72.9 Å². The monoisotopic (exact) mass is 399 g/mol. The SMILES string of the molecule is Cc1ccc(-c2csc3nc(COc4ccccc4[N+](=O)[O-])[nH]c(=O)c23)s1. The van der Waals surface area contributed by atoms with Crippen LogP contribution in [0.1, 0.15) is 10.7 Å². The quantitative estimate of drug-likeness (QED) is 0.393. The lowest BCUT2D eigenvalue weighted by atomic mass is 10.2. The molecule has 0 saturated carbocycles. The summed E-state index contributed by atoms with van der Waals surface area (Å²) in [6, 6.07) is 10.1. The minimum atomic E-state index is -0.511. The van der Waals surface area contributed by atoms with E-state index in [1.807, 2.05) is 24.4 Å². The Balaban J connectivity index is 1.65. The molecule has 1 N–H and O–H groups in total. The Kier molecular flexibility index (Phi) is 4.46. The van der Waals surface area contributed by atoms with Crippen molar-refractivity contribution in [2.75, 3.05) is 0 Å². The summed E-state index contributed by atoms with van der Waals surface area (Å²) in [6.45, 7) is 1.95. The maximum atomic E-state index is 12.6. The van der Waals surface area contributed by atoms with Crippen molar-refractivity contribution in [1.82, 2.24) is 9.97 Å². The Morgan fingerprint density at radius 1 is 1.26 bits per heavy atom. The molecule has 9 heteroatoms. The van der Waals surface area contributed by atoms with Gasteiger partial charge < -0.3 is 9.72 Å². The molecular formula is C18H13N3O4S2. The van der Waals surface area contributed by atoms with E-state index in [0.29, 0.717) is 16.0 Å². The largest absolute Gasteiger partial charge is 0.479 e. The lowest BCUT2D eigenvalue weighted by Crippen LogP contribution is -2.13. The Labute approximate surface area is 161 Å². The minimum absolute atomic E-state index is 0.0681. The van der Waals surface area contributed by atoms with Crippen LogP contribution in [0.5, 0.6) is 5.75 Å². The van der Waals surface area contributed by atoms with E-state index in [-0.39, 0.29) is 23.6 Å². The van der Waals surface area contributed by atoms with E-state index in [4.69, 9.17) is 4.74 Å². The molecule has 0 amide bonds. The van der Waals surface area contributed by atoms with E-state index < -0.39 is 4.92 Å². The molecular weight excluding hydrogens is 386 g/mol. The summed E-state index contributed by atoms with van der Waals surface area (Å²) in [5.41, 5.74) is 0.490. The van der Waals surface area contributed by atoms with E-state index >= 15 is 0 Å². The topological polar surface area (TPSA) is 98.1 Å². The van der Waals surface area contributed by atoms with Crippen LogP contribution in [0.15, 0.2) is 46.6 Å². The predicted octanol–water partition coefficient (Wildman–Crippen LogP) is 4.51. The number of aromatic nitrogens is 2. The average molecular weight is 399 g/mol. The highest BCUT2D eigenvalue weighted by Gasteiger charge is 2.16. The zero-order valence-corrected chi connectivity index (χ0v) is 15.7. The molecule has 0 aliphatic rings. The number of ether oxygens (including phenoxy) is 1. The standard InChI is InChI=1S/C18H13N3O4S2/c1-10-6-7-14(27-10)11-9-26-18-16(11)17(22)19-15(20-18)8-25-13-5-3-2-4-12(13)21(23)24/h2-7,9H,8H2,1H3,(H,19,20,22). The zero-order valence-electron chi connectivity index (χ0n) is 14.1. The lowest BCUT2D eigenvalue weighted by molar-refractivity contribution is -0.385. The second kappa shape index (κ2) is 6.93. The van der Waals surface area contributed by atoms with Crippen molar-refractivity contribution < 1.29 is 9.66 Å². The summed E-state index contributed by atoms with van der Waals surface area (Å²) < 4.78 is 5.52. The van der Waals surface area contributed by atoms with Gasteiger partial charge in [-0.15, -0.1) is 22.7 Å². The van der Waals surface area contributed by atoms with Crippen LogP contribution in [0.3, 0.4) is 0 Å². The first-order valence-electron chi connectivity index (χ1n) is 7.96. The number of aryl methyl sites for hydroxylation is 1. The molecule has 4 aromatic rings. The number of aromatic amines is 1. The minimum Gasteiger partial charge on any atom is -0.479 e. The van der Waals surface area contributed by atoms with Crippen LogP contribution in [0.2, 0.25) is 0 Å². The molecule has 0 aliphatic heterocycles. The highest BCUT2D eigenvalue weighted by atomic mass is 32.1. The maximum Gasteiger partial charge on any atom is 0.310 e. The number of benzene rings is 1. The van der Waals surface area contributed by atoms with E-state index in [2.05, 4.69) is 9.97 Å². The molecule has 7 nitrogen and oxygen atoms in total. The molecule has 0 bridgehead atoms. The van der Waals surface area contributed by atoms with E-state index in [0.717, 1.165) is 10.4 Å². The number of nitro benzene ring substituents is 1. The van der Waals surface area contributed by atoms with Crippen LogP contribution in [0, 0.1) is 17.0 Å². The molecule has 0 aliphatic carbocycles. The number of fused-ring (bicyclic) bond motifs is 1. The first-order valence-corrected chi connectivity index (χ1v) is 9.66. The summed E-state index contributed by atoms with van der Waals surface area (Å²) in [4.78, 5) is 33.1. The summed E-state index contributed by atoms with van der Waals surface area (Å²) >= 11 is 3.01. The fourth-order valence-electron chi connectivity index (χ4n) is 2.70. The van der Waals surface area contributed by atoms with Gasteiger partial charge in [-0.1, -0.05) is 12.1 Å². The van der Waals surface area contributed by atoms with Crippen LogP contribution in [-0.2, 0) is 6.61 Å². The van der Waals surface area contributed by atoms with Gasteiger partial charge in [-0.2, -0.15) is 0 Å². The zero-order chi connectivity index (χ0) is 19.0. The normalized spacial score (nSPS) is 11.0. The van der Waals surface area contributed by atoms with Gasteiger partial charge in [-0.25, -0.2) is 4.98 Å². The number of hydrogen-bond donors (Lipinski definition) is 1. The molecule has 3 aromatic heterocycles. The van der Waals surface area contributed by atoms with Crippen LogP contribution in [0.4, 0.5) is 5.69 Å². The van der Waals surface area contributed by atoms with E-state index in [1.165, 1.54) is 28.3 Å². The number of rotatable bonds is 5. The Morgan fingerprint density at radius 2 is 2.07 bits per heavy atom. The maximum absolute atomic E-state index is 12.6. The van der Waals surface area contributed by atoms with Crippen LogP contribution in [-0.4, -0.2) is 14.9 Å². The second-order valence-electron chi connectivity index (χ2n) is 5.77. The van der Waals surface area contributed by atoms with Crippen LogP contribution >= 0.6 is 22.7 Å². The lowest BCUT2D eigenvalue weighted by Gasteiger charge is -2.06. The second-order valence-corrected chi connectivity index (χ2v) is 7.91. The number of nitro groups is 1. The van der Waals surface area contributed by atoms with Crippen molar-refractivity contribution in [3.63, 3.8) is 0 Å². The number of nitrogens with one attached hydrogen (secondary N) is 1. The fourth-order valence-corrected chi connectivity index (χ4v) is 4.62. The average Bonchev–Trinajstić information content (AvgIpc) is 3.26. The molecule has 27 heavy (non-hydrogen) atoms. The number of hydrogen-bond acceptors (Lipinski definition) is 7. The van der Waals surface area contributed by atoms with Crippen LogP contribution in [0.25, 0.3) is 20.7 Å². The Hall–Kier alpha value is -3.04. The first-order chi connectivity index (χ1) is 13.0. The number of nitrogens with zero attached hydrogens (tertiary/aromatic N) is 2. The van der Waals surface area contributed by atoms with Crippen molar-refractivity contribution in [3.8, 4) is 16.2 Å². The van der Waals surface area contributed by atoms with Gasteiger partial charge in [0.15, 0.2) is 5.75 Å². The molecule has 0 radical (unpaired) electrons. The molecule has 0 atom stereocenters. The first kappa shape index (κ1) is 17.4. The molecule has 4 rings (SSSR count). The highest BCUT2D eigenvalue weighted by molar-refractivity contribution is 7.19. The summed E-state index contributed by atoms with van der Waals surface area (Å²) in [5, 5.41) is 13.5. The summed E-state index contributed by atoms with van der Waals surface area (Å²) in [6.07, 6.45) is 0. The molecule has 136 valence electrons. The molecule has 0 saturated heterocycles. The molecule has 0 unspecified atom stereocenters. The Bertz CT molecular complexity index is 1210. The van der Waals surface area contributed by atoms with Gasteiger partial charge in [0.2, 0.25) is 0 Å². The van der Waals surface area contributed by atoms with Gasteiger partial charge in [0.1, 0.15) is 17.3 Å². The highest BCUT2D eigenvalue weighted by Crippen LogP contribution is 2.35. The van der Waals surface area contributed by atoms with Crippen molar-refractivity contribution in [1.29, 1.82) is 0 Å². The molecule has 3 heterocycles. The van der Waals surface area contributed by atoms with Gasteiger partial charge in [-0.05, 0) is 25.1 Å². The van der Waals surface area contributed by atoms with E-state index in [1.54, 1.807) is 23.5 Å². The predicted molar refractivity (Wildman–Crippen MR) is 106 cm³/mol. The molecule has 0 fully saturated rings. The summed E-state index contributed by atoms with van der Waals surface area (Å²) in [5.74, 6) is 0.451. The number of thiophene rings is 2. The van der Waals surface area contributed by atoms with Gasteiger partial charge in [0.25, 0.3) is 5.56 Å². The molecule has 1 aromatic carbocycles.